The van der Waals surface area contributed by atoms with Gasteiger partial charge in [-0.25, -0.2) is 0 Å². The van der Waals surface area contributed by atoms with E-state index in [-0.39, 0.29) is 12.7 Å². The molecule has 1 unspecified atom stereocenters. The van der Waals surface area contributed by atoms with Crippen LogP contribution in [-0.4, -0.2) is 24.4 Å². The summed E-state index contributed by atoms with van der Waals surface area (Å²) in [7, 11) is 0. The van der Waals surface area contributed by atoms with Crippen LogP contribution in [0.3, 0.4) is 0 Å². The zero-order chi connectivity index (χ0) is 17.0. The lowest BCUT2D eigenvalue weighted by Gasteiger charge is -2.14. The van der Waals surface area contributed by atoms with Gasteiger partial charge in [-0.1, -0.05) is 69.6 Å². The lowest BCUT2D eigenvalue weighted by Crippen LogP contribution is -2.18. The Hall–Kier alpha value is -0.860. The van der Waals surface area contributed by atoms with Crippen LogP contribution in [0.4, 0.5) is 0 Å². The number of aliphatic hydroxyl groups is 1. The molecule has 0 fully saturated rings. The molecular weight excluding hydrogens is 284 g/mol. The van der Waals surface area contributed by atoms with E-state index in [9.17, 15) is 5.11 Å². The fourth-order valence-electron chi connectivity index (χ4n) is 2.33. The maximum absolute atomic E-state index is 9.21. The molecule has 0 rings (SSSR count). The van der Waals surface area contributed by atoms with E-state index in [4.69, 9.17) is 4.74 Å². The first kappa shape index (κ1) is 22.1. The van der Waals surface area contributed by atoms with Crippen molar-refractivity contribution in [2.75, 3.05) is 13.2 Å². The van der Waals surface area contributed by atoms with Gasteiger partial charge in [-0.2, -0.15) is 0 Å². The van der Waals surface area contributed by atoms with Crippen LogP contribution >= 0.6 is 0 Å². The van der Waals surface area contributed by atoms with E-state index >= 15 is 0 Å². The number of ether oxygens (including phenoxy) is 1. The molecule has 2 nitrogen and oxygen atoms in total. The zero-order valence-corrected chi connectivity index (χ0v) is 15.4. The highest BCUT2D eigenvalue weighted by molar-refractivity contribution is 4.96. The Kier molecular flexibility index (Phi) is 18.5. The monoisotopic (exact) mass is 322 g/mol. The van der Waals surface area contributed by atoms with Crippen LogP contribution in [0, 0.1) is 0 Å². The van der Waals surface area contributed by atoms with Crippen LogP contribution in [0.25, 0.3) is 0 Å². The molecule has 0 amide bonds. The summed E-state index contributed by atoms with van der Waals surface area (Å²) >= 11 is 0. The number of hydrogen-bond donors (Lipinski definition) is 1. The fourth-order valence-corrected chi connectivity index (χ4v) is 2.33. The summed E-state index contributed by atoms with van der Waals surface area (Å²) in [6, 6.07) is 0. The molecule has 0 aliphatic rings. The Bertz CT molecular complexity index is 305. The van der Waals surface area contributed by atoms with Gasteiger partial charge in [0.2, 0.25) is 0 Å². The van der Waals surface area contributed by atoms with E-state index in [1.807, 2.05) is 0 Å². The average Bonchev–Trinajstić information content (AvgIpc) is 2.57. The van der Waals surface area contributed by atoms with E-state index in [0.29, 0.717) is 0 Å². The van der Waals surface area contributed by atoms with Gasteiger partial charge in [-0.05, 0) is 44.9 Å². The summed E-state index contributed by atoms with van der Waals surface area (Å²) in [5, 5.41) is 9.21. The molecule has 2 heteroatoms. The molecule has 0 bridgehead atoms. The quantitative estimate of drug-likeness (QED) is 0.280. The van der Waals surface area contributed by atoms with Crippen molar-refractivity contribution in [2.45, 2.75) is 84.2 Å². The number of rotatable bonds is 16. The second-order valence-electron chi connectivity index (χ2n) is 5.96. The highest BCUT2D eigenvalue weighted by Crippen LogP contribution is 2.10. The Morgan fingerprint density at radius 3 is 2.13 bits per heavy atom. The van der Waals surface area contributed by atoms with Crippen molar-refractivity contribution in [1.82, 2.24) is 0 Å². The van der Waals surface area contributed by atoms with Gasteiger partial charge in [0.25, 0.3) is 0 Å². The molecule has 23 heavy (non-hydrogen) atoms. The predicted octanol–water partition coefficient (Wildman–Crippen LogP) is 5.97. The van der Waals surface area contributed by atoms with Gasteiger partial charge in [-0.15, -0.1) is 0 Å². The summed E-state index contributed by atoms with van der Waals surface area (Å²) in [6.45, 7) is 5.18. The zero-order valence-electron chi connectivity index (χ0n) is 15.4. The van der Waals surface area contributed by atoms with Gasteiger partial charge in [-0.3, -0.25) is 0 Å². The van der Waals surface area contributed by atoms with Gasteiger partial charge < -0.3 is 9.84 Å². The minimum Gasteiger partial charge on any atom is -0.394 e. The molecule has 0 heterocycles. The summed E-state index contributed by atoms with van der Waals surface area (Å²) in [4.78, 5) is 0. The minimum atomic E-state index is 0.0498. The summed E-state index contributed by atoms with van der Waals surface area (Å²) in [5.74, 6) is 0. The van der Waals surface area contributed by atoms with Crippen molar-refractivity contribution < 1.29 is 9.84 Å². The topological polar surface area (TPSA) is 29.5 Å². The smallest absolute Gasteiger partial charge is 0.0805 e. The highest BCUT2D eigenvalue weighted by atomic mass is 16.5. The number of allylic oxidation sites excluding steroid dienone is 6. The van der Waals surface area contributed by atoms with Gasteiger partial charge in [0, 0.05) is 6.61 Å². The maximum atomic E-state index is 9.21. The van der Waals surface area contributed by atoms with Crippen LogP contribution in [0.5, 0.6) is 0 Å². The van der Waals surface area contributed by atoms with E-state index < -0.39 is 0 Å². The first-order valence-corrected chi connectivity index (χ1v) is 9.52. The minimum absolute atomic E-state index is 0.0498. The van der Waals surface area contributed by atoms with Gasteiger partial charge in [0.15, 0.2) is 0 Å². The molecule has 1 atom stereocenters. The van der Waals surface area contributed by atoms with E-state index in [0.717, 1.165) is 45.1 Å². The van der Waals surface area contributed by atoms with Crippen LogP contribution in [0.15, 0.2) is 36.5 Å². The standard InChI is InChI=1S/C21H38O2/c1-3-5-6-7-8-9-10-11-12-13-14-15-16-17-18-21(20-22)23-19-4-2/h5-6,8-9,11-12,21-22H,3-4,7,10,13-20H2,1-2H3. The molecule has 0 aliphatic carbocycles. The molecule has 134 valence electrons. The van der Waals surface area contributed by atoms with Crippen molar-refractivity contribution in [1.29, 1.82) is 0 Å². The van der Waals surface area contributed by atoms with Crippen molar-refractivity contribution in [3.8, 4) is 0 Å². The van der Waals surface area contributed by atoms with Gasteiger partial charge in [0.1, 0.15) is 0 Å². The van der Waals surface area contributed by atoms with Crippen molar-refractivity contribution in [2.24, 2.45) is 0 Å². The first-order chi connectivity index (χ1) is 11.3. The summed E-state index contributed by atoms with van der Waals surface area (Å²) < 4.78 is 5.58. The molecule has 0 saturated heterocycles. The summed E-state index contributed by atoms with van der Waals surface area (Å²) in [6.07, 6.45) is 24.9. The molecule has 0 aliphatic heterocycles. The molecule has 0 spiro atoms. The lowest BCUT2D eigenvalue weighted by atomic mass is 10.1. The number of hydrogen-bond acceptors (Lipinski definition) is 2. The highest BCUT2D eigenvalue weighted by Gasteiger charge is 2.06. The van der Waals surface area contributed by atoms with E-state index in [1.165, 1.54) is 25.7 Å². The Morgan fingerprint density at radius 2 is 1.48 bits per heavy atom. The Morgan fingerprint density at radius 1 is 0.826 bits per heavy atom. The third kappa shape index (κ3) is 17.3. The van der Waals surface area contributed by atoms with Gasteiger partial charge >= 0.3 is 0 Å². The molecule has 1 N–H and O–H groups in total. The molecule has 0 aromatic carbocycles. The third-order valence-corrected chi connectivity index (χ3v) is 3.69. The van der Waals surface area contributed by atoms with E-state index in [1.54, 1.807) is 0 Å². The van der Waals surface area contributed by atoms with Gasteiger partial charge in [0.05, 0.1) is 12.7 Å². The average molecular weight is 323 g/mol. The van der Waals surface area contributed by atoms with Crippen LogP contribution in [0.2, 0.25) is 0 Å². The molecule has 0 radical (unpaired) electrons. The van der Waals surface area contributed by atoms with Crippen molar-refractivity contribution in [3.05, 3.63) is 36.5 Å². The number of unbranched alkanes of at least 4 members (excludes halogenated alkanes) is 4. The van der Waals surface area contributed by atoms with Crippen LogP contribution in [0.1, 0.15) is 78.1 Å². The SMILES string of the molecule is CCC=CCC=CCC=CCCCCCCC(CO)OCCC. The van der Waals surface area contributed by atoms with Crippen LogP contribution in [-0.2, 0) is 4.74 Å². The van der Waals surface area contributed by atoms with Crippen molar-refractivity contribution >= 4 is 0 Å². The maximum Gasteiger partial charge on any atom is 0.0805 e. The molecular formula is C21H38O2. The fraction of sp³-hybridized carbons (Fsp3) is 0.714. The molecule has 0 saturated carbocycles. The predicted molar refractivity (Wildman–Crippen MR) is 102 cm³/mol. The molecule has 0 aromatic heterocycles. The lowest BCUT2D eigenvalue weighted by molar-refractivity contribution is 0.00707. The summed E-state index contributed by atoms with van der Waals surface area (Å²) in [5.41, 5.74) is 0. The second kappa shape index (κ2) is 19.2. The van der Waals surface area contributed by atoms with Crippen molar-refractivity contribution in [3.63, 3.8) is 0 Å². The largest absolute Gasteiger partial charge is 0.394 e. The molecule has 0 aromatic rings. The van der Waals surface area contributed by atoms with E-state index in [2.05, 4.69) is 50.3 Å². The normalized spacial score (nSPS) is 13.7. The first-order valence-electron chi connectivity index (χ1n) is 9.52. The Labute approximate surface area is 144 Å². The number of aliphatic hydroxyl groups excluding tert-OH is 1. The Balaban J connectivity index is 3.37. The third-order valence-electron chi connectivity index (χ3n) is 3.69. The second-order valence-corrected chi connectivity index (χ2v) is 5.96. The van der Waals surface area contributed by atoms with Crippen LogP contribution < -0.4 is 0 Å².